The van der Waals surface area contributed by atoms with Crippen molar-refractivity contribution in [2.75, 3.05) is 0 Å². The topological polar surface area (TPSA) is 243 Å². The summed E-state index contributed by atoms with van der Waals surface area (Å²) in [6, 6.07) is 21.3. The summed E-state index contributed by atoms with van der Waals surface area (Å²) >= 11 is 0. The SMILES string of the molecule is C=C1OC(=O)c2cc(C(C)(C)c3ccc4c(c3)C(=O)OC4=O)ccc21.C=C1OC(=O)c2cc(C(c3ccc4c(c3)C(=O)OC4=O)(C(F)(F)F)C(F)(F)F)ccc21.C=C1OC(=O)c2cc(S(=O)(=O)c3ccc4c(c3)C(=O)OC4=O)ccc21. The monoisotopic (exact) mass is 1130 g/mol. The van der Waals surface area contributed by atoms with Crippen LogP contribution in [0.4, 0.5) is 26.3 Å². The first-order valence-corrected chi connectivity index (χ1v) is 24.6. The summed E-state index contributed by atoms with van der Waals surface area (Å²) in [6.45, 7) is 14.6. The van der Waals surface area contributed by atoms with Crippen LogP contribution in [0, 0.1) is 0 Å². The normalized spacial score (nSPS) is 15.9. The highest BCUT2D eigenvalue weighted by Gasteiger charge is 2.73. The van der Waals surface area contributed by atoms with E-state index in [2.05, 4.69) is 38.7 Å². The number of sulfone groups is 1. The second-order valence-corrected chi connectivity index (χ2v) is 20.7. The van der Waals surface area contributed by atoms with Crippen LogP contribution in [0.15, 0.2) is 139 Å². The van der Waals surface area contributed by atoms with Crippen molar-refractivity contribution in [2.45, 2.75) is 46.8 Å². The van der Waals surface area contributed by atoms with Gasteiger partial charge in [-0.2, -0.15) is 26.3 Å². The fraction of sp³-hybridized carbons (Fsp3) is 0.105. The number of ether oxygens (including phenoxy) is 6. The fourth-order valence-electron chi connectivity index (χ4n) is 9.61. The number of alkyl halides is 6. The molecule has 0 aromatic heterocycles. The molecule has 0 saturated carbocycles. The number of benzene rings is 6. The summed E-state index contributed by atoms with van der Waals surface area (Å²) in [7, 11) is -4.02. The van der Waals surface area contributed by atoms with E-state index in [-0.39, 0.29) is 54.7 Å². The molecule has 0 fully saturated rings. The molecule has 0 atom stereocenters. The first-order chi connectivity index (χ1) is 37.9. The van der Waals surface area contributed by atoms with Crippen molar-refractivity contribution in [1.82, 2.24) is 0 Å². The van der Waals surface area contributed by atoms with Gasteiger partial charge in [0.15, 0.2) is 0 Å². The van der Waals surface area contributed by atoms with E-state index in [9.17, 15) is 77.9 Å². The lowest BCUT2D eigenvalue weighted by atomic mass is 9.71. The largest absolute Gasteiger partial charge is 0.423 e. The van der Waals surface area contributed by atoms with Gasteiger partial charge in [0.25, 0.3) is 0 Å². The lowest BCUT2D eigenvalue weighted by molar-refractivity contribution is -0.288. The third-order valence-corrected chi connectivity index (χ3v) is 15.7. The maximum absolute atomic E-state index is 14.3. The lowest BCUT2D eigenvalue weighted by Crippen LogP contribution is -2.55. The smallest absolute Gasteiger partial charge is 0.411 e. The number of carbonyl (C=O) groups excluding carboxylic acids is 9. The average Bonchev–Trinajstić information content (AvgIpc) is 3.64. The number of esters is 9. The highest BCUT2D eigenvalue weighted by Crippen LogP contribution is 2.57. The number of fused-ring (bicyclic) bond motifs is 6. The zero-order valence-electron chi connectivity index (χ0n) is 41.1. The molecule has 6 heterocycles. The highest BCUT2D eigenvalue weighted by molar-refractivity contribution is 7.91. The maximum atomic E-state index is 14.3. The van der Waals surface area contributed by atoms with E-state index in [0.29, 0.717) is 52.8 Å². The van der Waals surface area contributed by atoms with Crippen LogP contribution in [0.1, 0.15) is 146 Å². The molecule has 24 heteroatoms. The van der Waals surface area contributed by atoms with E-state index < -0.39 is 115 Å². The minimum atomic E-state index is -5.96. The Bertz CT molecular complexity index is 3910. The predicted molar refractivity (Wildman–Crippen MR) is 262 cm³/mol. The van der Waals surface area contributed by atoms with Crippen molar-refractivity contribution in [1.29, 1.82) is 0 Å². The number of hydrogen-bond acceptors (Lipinski definition) is 17. The van der Waals surface area contributed by atoms with E-state index in [1.54, 1.807) is 24.3 Å². The van der Waals surface area contributed by atoms with Gasteiger partial charge in [-0.25, -0.2) is 51.6 Å². The molecule has 0 aliphatic carbocycles. The highest BCUT2D eigenvalue weighted by atomic mass is 32.2. The van der Waals surface area contributed by atoms with Crippen LogP contribution >= 0.6 is 0 Å². The molecule has 6 aromatic carbocycles. The summed E-state index contributed by atoms with van der Waals surface area (Å²) in [5.74, 6) is -7.47. The molecule has 12 rings (SSSR count). The molecule has 0 bridgehead atoms. The molecule has 6 aliphatic heterocycles. The fourth-order valence-corrected chi connectivity index (χ4v) is 10.9. The van der Waals surface area contributed by atoms with E-state index in [1.807, 2.05) is 26.0 Å². The van der Waals surface area contributed by atoms with Gasteiger partial charge in [-0.05, 0) is 95.1 Å². The Morgan fingerprint density at radius 1 is 0.321 bits per heavy atom. The molecule has 6 aliphatic rings. The van der Waals surface area contributed by atoms with Gasteiger partial charge < -0.3 is 28.4 Å². The first-order valence-electron chi connectivity index (χ1n) is 23.2. The molecule has 0 unspecified atom stereocenters. The van der Waals surface area contributed by atoms with Crippen molar-refractivity contribution in [2.24, 2.45) is 0 Å². The molecule has 6 aromatic rings. The zero-order chi connectivity index (χ0) is 58.8. The summed E-state index contributed by atoms with van der Waals surface area (Å²) in [5.41, 5.74) is -5.72. The Morgan fingerprint density at radius 3 is 0.901 bits per heavy atom. The minimum Gasteiger partial charge on any atom is -0.423 e. The Kier molecular flexibility index (Phi) is 12.4. The van der Waals surface area contributed by atoms with Crippen LogP contribution in [0.5, 0.6) is 0 Å². The van der Waals surface area contributed by atoms with Crippen molar-refractivity contribution in [3.05, 3.63) is 218 Å². The number of rotatable bonds is 6. The van der Waals surface area contributed by atoms with Gasteiger partial charge in [0.05, 0.1) is 59.9 Å². The summed E-state index contributed by atoms with van der Waals surface area (Å²) in [4.78, 5) is 105. The standard InChI is InChI=1S/C20H8F6O5.C20H14O5.C17H8O7S/c1-8-11-4-2-9(6-13(11)16(28)30-8)18(19(21,22)23,20(24,25)26)10-3-5-12-14(7-10)17(29)31-15(12)27;1-10-13-6-4-11(8-15(13)18(22)24-10)20(2,3)12-5-7-14-16(9-12)19(23)25-17(14)21;1-8-11-4-2-9(6-13(11)16(19)23-8)25(21,22)10-3-5-12-14(7-10)17(20)24-15(12)18/h2-7H,1H2;4-9H,1H2,2-3H3;2-7H,1H2. The predicted octanol–water partition coefficient (Wildman–Crippen LogP) is 9.98. The molecule has 0 N–H and O–H groups in total. The Morgan fingerprint density at radius 2 is 0.556 bits per heavy atom. The van der Waals surface area contributed by atoms with Crippen LogP contribution < -0.4 is 0 Å². The molecular formula is C57H30F6O17S. The second kappa shape index (κ2) is 18.5. The molecule has 17 nitrogen and oxygen atoms in total. The minimum absolute atomic E-state index is 0.0118. The van der Waals surface area contributed by atoms with Crippen molar-refractivity contribution < 1.29 is 106 Å². The summed E-state index contributed by atoms with van der Waals surface area (Å²) in [6.07, 6.45) is -11.9. The van der Waals surface area contributed by atoms with E-state index in [0.717, 1.165) is 23.3 Å². The lowest BCUT2D eigenvalue weighted by Gasteiger charge is -2.38. The molecule has 0 radical (unpaired) electrons. The van der Waals surface area contributed by atoms with Gasteiger partial charge in [0, 0.05) is 22.1 Å². The third-order valence-electron chi connectivity index (χ3n) is 13.9. The second-order valence-electron chi connectivity index (χ2n) is 18.8. The molecule has 0 saturated heterocycles. The number of hydrogen-bond donors (Lipinski definition) is 0. The van der Waals surface area contributed by atoms with Gasteiger partial charge in [-0.1, -0.05) is 70.0 Å². The van der Waals surface area contributed by atoms with Crippen LogP contribution in [0.3, 0.4) is 0 Å². The van der Waals surface area contributed by atoms with Crippen LogP contribution in [-0.2, 0) is 49.1 Å². The van der Waals surface area contributed by atoms with E-state index in [4.69, 9.17) is 9.47 Å². The van der Waals surface area contributed by atoms with Crippen LogP contribution in [-0.4, -0.2) is 74.5 Å². The summed E-state index contributed by atoms with van der Waals surface area (Å²) in [5, 5.41) is 0. The van der Waals surface area contributed by atoms with E-state index >= 15 is 0 Å². The van der Waals surface area contributed by atoms with Gasteiger partial charge in [-0.15, -0.1) is 0 Å². The molecular weight excluding hydrogens is 1100 g/mol. The van der Waals surface area contributed by atoms with Gasteiger partial charge in [-0.3, -0.25) is 0 Å². The maximum Gasteiger partial charge on any atom is 0.411 e. The average molecular weight is 1130 g/mol. The van der Waals surface area contributed by atoms with Crippen LogP contribution in [0.2, 0.25) is 0 Å². The zero-order valence-corrected chi connectivity index (χ0v) is 41.9. The van der Waals surface area contributed by atoms with Crippen molar-refractivity contribution in [3.63, 3.8) is 0 Å². The Balaban J connectivity index is 0.000000137. The number of cyclic esters (lactones) is 9. The van der Waals surface area contributed by atoms with Gasteiger partial charge >= 0.3 is 66.1 Å². The third kappa shape index (κ3) is 8.57. The van der Waals surface area contributed by atoms with Crippen molar-refractivity contribution in [3.8, 4) is 0 Å². The first kappa shape index (κ1) is 54.3. The Labute approximate surface area is 450 Å². The molecule has 408 valence electrons. The van der Waals surface area contributed by atoms with Gasteiger partial charge in [0.2, 0.25) is 15.3 Å². The van der Waals surface area contributed by atoms with E-state index in [1.165, 1.54) is 30.3 Å². The Hall–Kier alpha value is -10.1. The van der Waals surface area contributed by atoms with Gasteiger partial charge in [0.1, 0.15) is 17.3 Å². The van der Waals surface area contributed by atoms with Crippen molar-refractivity contribution >= 4 is 80.8 Å². The molecule has 0 amide bonds. The number of carbonyl (C=O) groups is 9. The van der Waals surface area contributed by atoms with Crippen LogP contribution in [0.25, 0.3) is 17.3 Å². The molecule has 0 spiro atoms. The quantitative estimate of drug-likeness (QED) is 0.0651. The number of halogens is 6. The molecule has 81 heavy (non-hydrogen) atoms. The summed E-state index contributed by atoms with van der Waals surface area (Å²) < 4.78 is 139.